The van der Waals surface area contributed by atoms with Crippen LogP contribution >= 0.6 is 0 Å². The molecule has 3 aromatic rings. The first-order chi connectivity index (χ1) is 12.8. The minimum absolute atomic E-state index is 0.111. The molecule has 9 heteroatoms. The number of hydrogen-bond acceptors (Lipinski definition) is 7. The molecule has 0 saturated carbocycles. The maximum atomic E-state index is 11.4. The Balaban J connectivity index is 1.40. The minimum atomic E-state index is -0.116. The van der Waals surface area contributed by atoms with Crippen molar-refractivity contribution in [3.63, 3.8) is 0 Å². The monoisotopic (exact) mass is 368 g/mol. The lowest BCUT2D eigenvalue weighted by molar-refractivity contribution is 0.423. The number of nitrogens with one attached hydrogen (secondary N) is 1. The Kier molecular flexibility index (Phi) is 4.09. The Bertz CT molecular complexity index is 1030. The summed E-state index contributed by atoms with van der Waals surface area (Å²) in [4.78, 5) is 13.6. The second-order valence-corrected chi connectivity index (χ2v) is 8.07. The molecule has 1 fully saturated rings. The predicted octanol–water partition coefficient (Wildman–Crippen LogP) is 1.06. The van der Waals surface area contributed by atoms with Crippen LogP contribution in [-0.4, -0.2) is 49.2 Å². The van der Waals surface area contributed by atoms with Gasteiger partial charge in [0, 0.05) is 44.1 Å². The highest BCUT2D eigenvalue weighted by Gasteiger charge is 2.29. The Morgan fingerprint density at radius 3 is 2.59 bits per heavy atom. The standard InChI is InChI=1S/C18H24N8O/c1-18(2,3)17-21-20-14-6-7-15(23-26(14)17)25-10-12(11-25)9-19-13-5-8-16(27)24(4)22-13/h5-8,12H,9-11H2,1-4H3,(H,19,22). The number of rotatable bonds is 4. The van der Waals surface area contributed by atoms with Gasteiger partial charge in [0.2, 0.25) is 0 Å². The third-order valence-corrected chi connectivity index (χ3v) is 4.73. The quantitative estimate of drug-likeness (QED) is 0.736. The van der Waals surface area contributed by atoms with Crippen molar-refractivity contribution in [2.45, 2.75) is 26.2 Å². The summed E-state index contributed by atoms with van der Waals surface area (Å²) in [6, 6.07) is 7.20. The number of anilines is 2. The van der Waals surface area contributed by atoms with E-state index in [2.05, 4.69) is 46.3 Å². The Morgan fingerprint density at radius 2 is 1.89 bits per heavy atom. The Morgan fingerprint density at radius 1 is 1.11 bits per heavy atom. The molecule has 0 radical (unpaired) electrons. The van der Waals surface area contributed by atoms with Crippen LogP contribution in [0.5, 0.6) is 0 Å². The molecule has 0 bridgehead atoms. The lowest BCUT2D eigenvalue weighted by Crippen LogP contribution is -2.50. The van der Waals surface area contributed by atoms with E-state index in [9.17, 15) is 4.79 Å². The summed E-state index contributed by atoms with van der Waals surface area (Å²) in [5, 5.41) is 20.7. The van der Waals surface area contributed by atoms with Gasteiger partial charge in [0.1, 0.15) is 11.6 Å². The minimum Gasteiger partial charge on any atom is -0.368 e. The van der Waals surface area contributed by atoms with Gasteiger partial charge in [-0.3, -0.25) is 4.79 Å². The molecule has 0 atom stereocenters. The van der Waals surface area contributed by atoms with Crippen molar-refractivity contribution < 1.29 is 0 Å². The van der Waals surface area contributed by atoms with Gasteiger partial charge in [0.05, 0.1) is 0 Å². The number of aryl methyl sites for hydroxylation is 1. The van der Waals surface area contributed by atoms with Crippen LogP contribution in [0, 0.1) is 5.92 Å². The smallest absolute Gasteiger partial charge is 0.266 e. The van der Waals surface area contributed by atoms with Gasteiger partial charge >= 0.3 is 0 Å². The summed E-state index contributed by atoms with van der Waals surface area (Å²) in [6.07, 6.45) is 0. The third kappa shape index (κ3) is 3.36. The van der Waals surface area contributed by atoms with Gasteiger partial charge in [0.25, 0.3) is 5.56 Å². The van der Waals surface area contributed by atoms with Crippen LogP contribution in [0.2, 0.25) is 0 Å². The van der Waals surface area contributed by atoms with Gasteiger partial charge in [-0.05, 0) is 18.2 Å². The predicted molar refractivity (Wildman–Crippen MR) is 103 cm³/mol. The number of aromatic nitrogens is 6. The first kappa shape index (κ1) is 17.4. The van der Waals surface area contributed by atoms with Gasteiger partial charge in [-0.2, -0.15) is 9.61 Å². The summed E-state index contributed by atoms with van der Waals surface area (Å²) < 4.78 is 3.18. The molecule has 1 saturated heterocycles. The third-order valence-electron chi connectivity index (χ3n) is 4.73. The van der Waals surface area contributed by atoms with Crippen molar-refractivity contribution in [3.05, 3.63) is 40.4 Å². The average Bonchev–Trinajstić information content (AvgIpc) is 3.00. The van der Waals surface area contributed by atoms with Crippen LogP contribution in [0.25, 0.3) is 5.65 Å². The van der Waals surface area contributed by atoms with Crippen molar-refractivity contribution in [2.75, 3.05) is 29.9 Å². The van der Waals surface area contributed by atoms with Crippen LogP contribution in [0.3, 0.4) is 0 Å². The van der Waals surface area contributed by atoms with Crippen molar-refractivity contribution in [1.29, 1.82) is 0 Å². The molecule has 1 aliphatic heterocycles. The van der Waals surface area contributed by atoms with E-state index in [4.69, 9.17) is 5.10 Å². The van der Waals surface area contributed by atoms with Crippen LogP contribution in [0.15, 0.2) is 29.1 Å². The highest BCUT2D eigenvalue weighted by molar-refractivity contribution is 5.48. The van der Waals surface area contributed by atoms with Gasteiger partial charge in [-0.15, -0.1) is 15.3 Å². The maximum absolute atomic E-state index is 11.4. The van der Waals surface area contributed by atoms with E-state index in [1.165, 1.54) is 10.7 Å². The van der Waals surface area contributed by atoms with E-state index in [-0.39, 0.29) is 11.0 Å². The van der Waals surface area contributed by atoms with Gasteiger partial charge in [0.15, 0.2) is 11.5 Å². The fraction of sp³-hybridized carbons (Fsp3) is 0.500. The van der Waals surface area contributed by atoms with Crippen LogP contribution in [-0.2, 0) is 12.5 Å². The summed E-state index contributed by atoms with van der Waals surface area (Å²) in [5.74, 6) is 3.02. The first-order valence-corrected chi connectivity index (χ1v) is 9.07. The zero-order valence-electron chi connectivity index (χ0n) is 16.0. The Hall–Kier alpha value is -2.97. The van der Waals surface area contributed by atoms with Crippen LogP contribution in [0.1, 0.15) is 26.6 Å². The van der Waals surface area contributed by atoms with Crippen molar-refractivity contribution in [2.24, 2.45) is 13.0 Å². The molecule has 0 aliphatic carbocycles. The van der Waals surface area contributed by atoms with E-state index < -0.39 is 0 Å². The molecule has 4 rings (SSSR count). The molecular formula is C18H24N8O. The van der Waals surface area contributed by atoms with E-state index in [0.29, 0.717) is 5.92 Å². The zero-order chi connectivity index (χ0) is 19.2. The molecule has 142 valence electrons. The van der Waals surface area contributed by atoms with E-state index in [1.54, 1.807) is 13.1 Å². The summed E-state index contributed by atoms with van der Waals surface area (Å²) in [5.41, 5.74) is 0.540. The van der Waals surface area contributed by atoms with Crippen molar-refractivity contribution in [3.8, 4) is 0 Å². The first-order valence-electron chi connectivity index (χ1n) is 9.07. The number of hydrogen-bond donors (Lipinski definition) is 1. The molecule has 0 amide bonds. The summed E-state index contributed by atoms with van der Waals surface area (Å²) in [6.45, 7) is 8.97. The highest BCUT2D eigenvalue weighted by atomic mass is 16.1. The van der Waals surface area contributed by atoms with E-state index in [0.717, 1.165) is 42.7 Å². The second-order valence-electron chi connectivity index (χ2n) is 8.07. The molecule has 1 aliphatic rings. The molecule has 3 aromatic heterocycles. The van der Waals surface area contributed by atoms with Gasteiger partial charge in [-0.1, -0.05) is 20.8 Å². The van der Waals surface area contributed by atoms with Crippen molar-refractivity contribution in [1.82, 2.24) is 29.6 Å². The lowest BCUT2D eigenvalue weighted by Gasteiger charge is -2.40. The maximum Gasteiger partial charge on any atom is 0.266 e. The fourth-order valence-electron chi connectivity index (χ4n) is 3.15. The van der Waals surface area contributed by atoms with E-state index in [1.807, 2.05) is 16.6 Å². The zero-order valence-corrected chi connectivity index (χ0v) is 16.0. The molecule has 0 unspecified atom stereocenters. The molecular weight excluding hydrogens is 344 g/mol. The van der Waals surface area contributed by atoms with Crippen LogP contribution in [0.4, 0.5) is 11.6 Å². The van der Waals surface area contributed by atoms with Gasteiger partial charge in [-0.25, -0.2) is 4.68 Å². The molecule has 0 spiro atoms. The lowest BCUT2D eigenvalue weighted by atomic mass is 9.96. The SMILES string of the molecule is Cn1nc(NCC2CN(c3ccc4nnc(C(C)(C)C)n4n3)C2)ccc1=O. The van der Waals surface area contributed by atoms with Crippen LogP contribution < -0.4 is 15.8 Å². The Labute approximate surface area is 157 Å². The van der Waals surface area contributed by atoms with E-state index >= 15 is 0 Å². The summed E-state index contributed by atoms with van der Waals surface area (Å²) >= 11 is 0. The van der Waals surface area contributed by atoms with Gasteiger partial charge < -0.3 is 10.2 Å². The average molecular weight is 368 g/mol. The normalized spacial score (nSPS) is 15.2. The molecule has 0 aromatic carbocycles. The second kappa shape index (κ2) is 6.33. The number of nitrogens with zero attached hydrogens (tertiary/aromatic N) is 7. The molecule has 1 N–H and O–H groups in total. The topological polar surface area (TPSA) is 93.2 Å². The largest absolute Gasteiger partial charge is 0.368 e. The fourth-order valence-corrected chi connectivity index (χ4v) is 3.15. The molecule has 27 heavy (non-hydrogen) atoms. The molecule has 9 nitrogen and oxygen atoms in total. The summed E-state index contributed by atoms with van der Waals surface area (Å²) in [7, 11) is 1.65. The molecule has 4 heterocycles. The highest BCUT2D eigenvalue weighted by Crippen LogP contribution is 2.25. The number of fused-ring (bicyclic) bond motifs is 1. The van der Waals surface area contributed by atoms with Crippen molar-refractivity contribution >= 4 is 17.3 Å².